The molecule has 1 aliphatic rings. The van der Waals surface area contributed by atoms with E-state index in [4.69, 9.17) is 0 Å². The van der Waals surface area contributed by atoms with Crippen LogP contribution in [0.2, 0.25) is 0 Å². The second-order valence-corrected chi connectivity index (χ2v) is 8.29. The van der Waals surface area contributed by atoms with E-state index in [1.54, 1.807) is 24.4 Å². The fourth-order valence-electron chi connectivity index (χ4n) is 3.52. The largest absolute Gasteiger partial charge is 0.336 e. The smallest absolute Gasteiger partial charge is 0.256 e. The first-order valence-corrected chi connectivity index (χ1v) is 11.1. The number of amides is 1. The van der Waals surface area contributed by atoms with Crippen LogP contribution in [0.15, 0.2) is 78.0 Å². The standard InChI is InChI=1S/C24H24FN3OS/c25-21-10-8-20(9-11-21)18-30-23-22(7-4-12-26-23)24(29)28-15-13-27(14-16-28)17-19-5-2-1-3-6-19/h1-12H,13-18H2. The Balaban J connectivity index is 1.36. The summed E-state index contributed by atoms with van der Waals surface area (Å²) in [6, 6.07) is 20.5. The van der Waals surface area contributed by atoms with Crippen molar-refractivity contribution in [2.45, 2.75) is 17.3 Å². The molecule has 2 heterocycles. The molecular weight excluding hydrogens is 397 g/mol. The molecule has 4 nitrogen and oxygen atoms in total. The Morgan fingerprint density at radius 3 is 2.37 bits per heavy atom. The molecule has 154 valence electrons. The second kappa shape index (κ2) is 9.87. The molecular formula is C24H24FN3OS. The van der Waals surface area contributed by atoms with Crippen molar-refractivity contribution in [2.75, 3.05) is 26.2 Å². The first-order chi connectivity index (χ1) is 14.7. The molecule has 0 radical (unpaired) electrons. The number of pyridine rings is 1. The van der Waals surface area contributed by atoms with Crippen LogP contribution in [0.25, 0.3) is 0 Å². The normalized spacial score (nSPS) is 14.6. The van der Waals surface area contributed by atoms with E-state index in [1.807, 2.05) is 17.0 Å². The summed E-state index contributed by atoms with van der Waals surface area (Å²) in [4.78, 5) is 21.9. The predicted octanol–water partition coefficient (Wildman–Crippen LogP) is 4.47. The molecule has 0 spiro atoms. The average Bonchev–Trinajstić information content (AvgIpc) is 2.80. The molecule has 3 aromatic rings. The quantitative estimate of drug-likeness (QED) is 0.550. The number of carbonyl (C=O) groups excluding carboxylic acids is 1. The number of nitrogens with zero attached hydrogens (tertiary/aromatic N) is 3. The lowest BCUT2D eigenvalue weighted by molar-refractivity contribution is 0.0624. The monoisotopic (exact) mass is 421 g/mol. The summed E-state index contributed by atoms with van der Waals surface area (Å²) in [5.74, 6) is 0.426. The maximum absolute atomic E-state index is 13.1. The maximum atomic E-state index is 13.1. The van der Waals surface area contributed by atoms with Gasteiger partial charge in [-0.05, 0) is 35.4 Å². The van der Waals surface area contributed by atoms with Crippen LogP contribution in [0.1, 0.15) is 21.5 Å². The number of hydrogen-bond acceptors (Lipinski definition) is 4. The van der Waals surface area contributed by atoms with Gasteiger partial charge in [-0.15, -0.1) is 11.8 Å². The molecule has 0 bridgehead atoms. The summed E-state index contributed by atoms with van der Waals surface area (Å²) < 4.78 is 13.1. The highest BCUT2D eigenvalue weighted by molar-refractivity contribution is 7.98. The van der Waals surface area contributed by atoms with Crippen LogP contribution in [0.3, 0.4) is 0 Å². The molecule has 0 saturated carbocycles. The van der Waals surface area contributed by atoms with Gasteiger partial charge < -0.3 is 4.90 Å². The Morgan fingerprint density at radius 1 is 0.900 bits per heavy atom. The van der Waals surface area contributed by atoms with E-state index >= 15 is 0 Å². The van der Waals surface area contributed by atoms with Gasteiger partial charge in [0, 0.05) is 44.7 Å². The number of hydrogen-bond donors (Lipinski definition) is 0. The molecule has 30 heavy (non-hydrogen) atoms. The Morgan fingerprint density at radius 2 is 1.63 bits per heavy atom. The zero-order valence-corrected chi connectivity index (χ0v) is 17.5. The average molecular weight is 422 g/mol. The van der Waals surface area contributed by atoms with Crippen molar-refractivity contribution in [3.05, 3.63) is 95.4 Å². The van der Waals surface area contributed by atoms with Gasteiger partial charge in [-0.1, -0.05) is 42.5 Å². The third-order valence-electron chi connectivity index (χ3n) is 5.20. The van der Waals surface area contributed by atoms with Gasteiger partial charge >= 0.3 is 0 Å². The lowest BCUT2D eigenvalue weighted by Gasteiger charge is -2.35. The first-order valence-electron chi connectivity index (χ1n) is 10.1. The third-order valence-corrected chi connectivity index (χ3v) is 6.28. The minimum atomic E-state index is -0.246. The fraction of sp³-hybridized carbons (Fsp3) is 0.250. The van der Waals surface area contributed by atoms with Crippen LogP contribution in [-0.2, 0) is 12.3 Å². The van der Waals surface area contributed by atoms with Crippen LogP contribution in [0.4, 0.5) is 4.39 Å². The van der Waals surface area contributed by atoms with Crippen LogP contribution in [0.5, 0.6) is 0 Å². The molecule has 1 aliphatic heterocycles. The molecule has 2 aromatic carbocycles. The van der Waals surface area contributed by atoms with Gasteiger partial charge in [0.2, 0.25) is 0 Å². The van der Waals surface area contributed by atoms with Gasteiger partial charge in [-0.25, -0.2) is 9.37 Å². The number of thioether (sulfide) groups is 1. The molecule has 0 atom stereocenters. The van der Waals surface area contributed by atoms with Crippen molar-refractivity contribution in [2.24, 2.45) is 0 Å². The van der Waals surface area contributed by atoms with Crippen molar-refractivity contribution in [1.29, 1.82) is 0 Å². The summed E-state index contributed by atoms with van der Waals surface area (Å²) in [6.45, 7) is 4.05. The van der Waals surface area contributed by atoms with E-state index in [0.29, 0.717) is 24.4 Å². The van der Waals surface area contributed by atoms with E-state index in [9.17, 15) is 9.18 Å². The van der Waals surface area contributed by atoms with E-state index in [0.717, 1.165) is 30.2 Å². The van der Waals surface area contributed by atoms with Crippen LogP contribution in [0, 0.1) is 5.82 Å². The number of rotatable bonds is 6. The molecule has 1 saturated heterocycles. The number of piperazine rings is 1. The van der Waals surface area contributed by atoms with Crippen LogP contribution in [-0.4, -0.2) is 46.9 Å². The molecule has 1 fully saturated rings. The molecule has 0 N–H and O–H groups in total. The third kappa shape index (κ3) is 5.26. The van der Waals surface area contributed by atoms with Gasteiger partial charge in [-0.3, -0.25) is 9.69 Å². The Kier molecular flexibility index (Phi) is 6.77. The van der Waals surface area contributed by atoms with Crippen molar-refractivity contribution in [3.8, 4) is 0 Å². The summed E-state index contributed by atoms with van der Waals surface area (Å²) in [5.41, 5.74) is 2.94. The van der Waals surface area contributed by atoms with Gasteiger partial charge in [0.25, 0.3) is 5.91 Å². The zero-order chi connectivity index (χ0) is 20.8. The van der Waals surface area contributed by atoms with Gasteiger partial charge in [0.05, 0.1) is 5.56 Å². The minimum absolute atomic E-state index is 0.0315. The van der Waals surface area contributed by atoms with Crippen molar-refractivity contribution < 1.29 is 9.18 Å². The number of aromatic nitrogens is 1. The summed E-state index contributed by atoms with van der Waals surface area (Å²) in [6.07, 6.45) is 1.71. The van der Waals surface area contributed by atoms with E-state index in [2.05, 4.69) is 34.1 Å². The number of halogens is 1. The Bertz CT molecular complexity index is 973. The van der Waals surface area contributed by atoms with Gasteiger partial charge in [-0.2, -0.15) is 0 Å². The van der Waals surface area contributed by atoms with Crippen molar-refractivity contribution in [3.63, 3.8) is 0 Å². The fourth-order valence-corrected chi connectivity index (χ4v) is 4.46. The number of benzene rings is 2. The molecule has 1 aromatic heterocycles. The highest BCUT2D eigenvalue weighted by Gasteiger charge is 2.24. The second-order valence-electron chi connectivity index (χ2n) is 7.33. The lowest BCUT2D eigenvalue weighted by atomic mass is 10.2. The van der Waals surface area contributed by atoms with E-state index in [1.165, 1.54) is 29.5 Å². The zero-order valence-electron chi connectivity index (χ0n) is 16.7. The van der Waals surface area contributed by atoms with Crippen LogP contribution < -0.4 is 0 Å². The number of carbonyl (C=O) groups is 1. The summed E-state index contributed by atoms with van der Waals surface area (Å²) in [7, 11) is 0. The molecule has 0 unspecified atom stereocenters. The van der Waals surface area contributed by atoms with Gasteiger partial charge in [0.1, 0.15) is 10.8 Å². The highest BCUT2D eigenvalue weighted by atomic mass is 32.2. The van der Waals surface area contributed by atoms with Crippen LogP contribution >= 0.6 is 11.8 Å². The molecule has 4 rings (SSSR count). The van der Waals surface area contributed by atoms with E-state index in [-0.39, 0.29) is 11.7 Å². The van der Waals surface area contributed by atoms with Crippen molar-refractivity contribution >= 4 is 17.7 Å². The van der Waals surface area contributed by atoms with E-state index < -0.39 is 0 Å². The Labute approximate surface area is 180 Å². The summed E-state index contributed by atoms with van der Waals surface area (Å²) >= 11 is 1.51. The predicted molar refractivity (Wildman–Crippen MR) is 118 cm³/mol. The van der Waals surface area contributed by atoms with Gasteiger partial charge in [0.15, 0.2) is 0 Å². The topological polar surface area (TPSA) is 36.4 Å². The van der Waals surface area contributed by atoms with Crippen molar-refractivity contribution in [1.82, 2.24) is 14.8 Å². The first kappa shape index (κ1) is 20.6. The SMILES string of the molecule is O=C(c1cccnc1SCc1ccc(F)cc1)N1CCN(Cc2ccccc2)CC1. The Hall–Kier alpha value is -2.70. The lowest BCUT2D eigenvalue weighted by Crippen LogP contribution is -2.48. The maximum Gasteiger partial charge on any atom is 0.256 e. The summed E-state index contributed by atoms with van der Waals surface area (Å²) in [5, 5.41) is 0.721. The molecule has 6 heteroatoms. The molecule has 0 aliphatic carbocycles. The molecule has 1 amide bonds. The highest BCUT2D eigenvalue weighted by Crippen LogP contribution is 2.25. The minimum Gasteiger partial charge on any atom is -0.336 e.